The summed E-state index contributed by atoms with van der Waals surface area (Å²) in [5.74, 6) is 0.967. The van der Waals surface area contributed by atoms with Crippen molar-refractivity contribution >= 4 is 28.6 Å². The summed E-state index contributed by atoms with van der Waals surface area (Å²) in [5.41, 5.74) is 2.45. The molecule has 0 unspecified atom stereocenters. The van der Waals surface area contributed by atoms with E-state index < -0.39 is 5.97 Å². The monoisotopic (exact) mass is 382 g/mol. The van der Waals surface area contributed by atoms with Crippen LogP contribution in [-0.4, -0.2) is 40.9 Å². The van der Waals surface area contributed by atoms with Crippen LogP contribution in [0.5, 0.6) is 5.75 Å². The minimum Gasteiger partial charge on any atom is -0.494 e. The van der Waals surface area contributed by atoms with E-state index in [2.05, 4.69) is 15.2 Å². The van der Waals surface area contributed by atoms with Crippen molar-refractivity contribution in [3.63, 3.8) is 0 Å². The fraction of sp³-hybridized carbons (Fsp3) is 0.300. The number of aryl methyl sites for hydroxylation is 2. The van der Waals surface area contributed by atoms with E-state index in [-0.39, 0.29) is 18.7 Å². The van der Waals surface area contributed by atoms with Gasteiger partial charge in [-0.2, -0.15) is 9.78 Å². The van der Waals surface area contributed by atoms with E-state index in [1.54, 1.807) is 17.9 Å². The molecule has 1 amide bonds. The number of para-hydroxylation sites is 1. The van der Waals surface area contributed by atoms with Crippen molar-refractivity contribution in [2.75, 3.05) is 19.5 Å². The molecule has 0 saturated heterocycles. The first-order chi connectivity index (χ1) is 13.4. The van der Waals surface area contributed by atoms with Gasteiger partial charge in [0.1, 0.15) is 17.1 Å². The molecule has 28 heavy (non-hydrogen) atoms. The first-order valence-corrected chi connectivity index (χ1v) is 8.81. The number of esters is 1. The normalized spacial score (nSPS) is 10.7. The molecule has 8 nitrogen and oxygen atoms in total. The fourth-order valence-corrected chi connectivity index (χ4v) is 2.93. The molecular formula is C20H22N4O4. The van der Waals surface area contributed by atoms with E-state index in [4.69, 9.17) is 9.72 Å². The number of benzene rings is 1. The maximum Gasteiger partial charge on any atom is 0.306 e. The highest BCUT2D eigenvalue weighted by molar-refractivity contribution is 5.92. The van der Waals surface area contributed by atoms with Crippen LogP contribution in [0.25, 0.3) is 16.7 Å². The summed E-state index contributed by atoms with van der Waals surface area (Å²) in [6, 6.07) is 9.40. The quantitative estimate of drug-likeness (QED) is 0.659. The molecule has 0 aliphatic rings. The van der Waals surface area contributed by atoms with Gasteiger partial charge in [0.05, 0.1) is 26.3 Å². The number of amides is 1. The Morgan fingerprint density at radius 2 is 1.93 bits per heavy atom. The molecular weight excluding hydrogens is 360 g/mol. The molecule has 2 heterocycles. The number of nitrogens with one attached hydrogen (secondary N) is 1. The van der Waals surface area contributed by atoms with E-state index >= 15 is 0 Å². The van der Waals surface area contributed by atoms with Crippen molar-refractivity contribution in [3.8, 4) is 11.6 Å². The maximum atomic E-state index is 12.2. The lowest BCUT2D eigenvalue weighted by molar-refractivity contribution is -0.141. The maximum absolute atomic E-state index is 12.2. The Hall–Kier alpha value is -3.42. The molecule has 2 aromatic heterocycles. The summed E-state index contributed by atoms with van der Waals surface area (Å²) < 4.78 is 11.6. The van der Waals surface area contributed by atoms with Gasteiger partial charge in [-0.25, -0.2) is 4.98 Å². The van der Waals surface area contributed by atoms with Crippen LogP contribution in [-0.2, 0) is 14.3 Å². The first-order valence-electron chi connectivity index (χ1n) is 8.81. The Morgan fingerprint density at radius 1 is 1.14 bits per heavy atom. The van der Waals surface area contributed by atoms with Gasteiger partial charge in [-0.15, -0.1) is 0 Å². The second-order valence-electron chi connectivity index (χ2n) is 6.36. The number of rotatable bonds is 6. The molecule has 1 N–H and O–H groups in total. The lowest BCUT2D eigenvalue weighted by Crippen LogP contribution is -2.17. The minimum absolute atomic E-state index is 0.0139. The highest BCUT2D eigenvalue weighted by Crippen LogP contribution is 2.28. The zero-order chi connectivity index (χ0) is 20.3. The average molecular weight is 382 g/mol. The molecule has 0 spiro atoms. The topological polar surface area (TPSA) is 95.3 Å². The van der Waals surface area contributed by atoms with E-state index in [1.165, 1.54) is 7.11 Å². The SMILES string of the molecule is COC(=O)CCC(=O)Nc1cc(C)nn1-c1cc(C)c2cccc(OC)c2n1. The van der Waals surface area contributed by atoms with E-state index in [0.29, 0.717) is 17.4 Å². The van der Waals surface area contributed by atoms with Gasteiger partial charge in [-0.1, -0.05) is 12.1 Å². The van der Waals surface area contributed by atoms with Crippen LogP contribution in [0.3, 0.4) is 0 Å². The Labute approximate surface area is 162 Å². The van der Waals surface area contributed by atoms with E-state index in [1.807, 2.05) is 38.1 Å². The van der Waals surface area contributed by atoms with Gasteiger partial charge in [-0.3, -0.25) is 9.59 Å². The summed E-state index contributed by atoms with van der Waals surface area (Å²) >= 11 is 0. The van der Waals surface area contributed by atoms with Gasteiger partial charge >= 0.3 is 5.97 Å². The molecule has 0 aliphatic carbocycles. The van der Waals surface area contributed by atoms with Crippen LogP contribution < -0.4 is 10.1 Å². The summed E-state index contributed by atoms with van der Waals surface area (Å²) in [4.78, 5) is 28.1. The predicted molar refractivity (Wildman–Crippen MR) is 105 cm³/mol. The molecule has 3 rings (SSSR count). The first kappa shape index (κ1) is 19.3. The van der Waals surface area contributed by atoms with Crippen molar-refractivity contribution in [3.05, 3.63) is 41.6 Å². The standard InChI is InChI=1S/C20H22N4O4/c1-12-10-16(22-20-14(12)6-5-7-15(20)27-3)24-17(11-13(2)23-24)21-18(25)8-9-19(26)28-4/h5-7,10-11H,8-9H2,1-4H3,(H,21,25). The number of hydrogen-bond donors (Lipinski definition) is 1. The third-order valence-corrected chi connectivity index (χ3v) is 4.32. The molecule has 0 bridgehead atoms. The lowest BCUT2D eigenvalue weighted by Gasteiger charge is -2.12. The number of nitrogens with zero attached hydrogens (tertiary/aromatic N) is 3. The Bertz CT molecular complexity index is 1040. The summed E-state index contributed by atoms with van der Waals surface area (Å²) in [6.07, 6.45) is 0.0366. The van der Waals surface area contributed by atoms with Crippen LogP contribution in [0.15, 0.2) is 30.3 Å². The predicted octanol–water partition coefficient (Wildman–Crippen LogP) is 2.94. The number of fused-ring (bicyclic) bond motifs is 1. The molecule has 0 saturated carbocycles. The number of aromatic nitrogens is 3. The van der Waals surface area contributed by atoms with Crippen LogP contribution >= 0.6 is 0 Å². The smallest absolute Gasteiger partial charge is 0.306 e. The van der Waals surface area contributed by atoms with Gasteiger partial charge in [0.2, 0.25) is 5.91 Å². The Kier molecular flexibility index (Phi) is 5.58. The number of carbonyl (C=O) groups is 2. The molecule has 146 valence electrons. The van der Waals surface area contributed by atoms with Crippen LogP contribution in [0.4, 0.5) is 5.82 Å². The van der Waals surface area contributed by atoms with Gasteiger partial charge in [-0.05, 0) is 31.5 Å². The van der Waals surface area contributed by atoms with Gasteiger partial charge in [0.15, 0.2) is 5.82 Å². The molecule has 0 aliphatic heterocycles. The van der Waals surface area contributed by atoms with Gasteiger partial charge < -0.3 is 14.8 Å². The Balaban J connectivity index is 1.96. The summed E-state index contributed by atoms with van der Waals surface area (Å²) in [5, 5.41) is 8.23. The van der Waals surface area contributed by atoms with Crippen molar-refractivity contribution in [1.29, 1.82) is 0 Å². The lowest BCUT2D eigenvalue weighted by atomic mass is 10.1. The molecule has 3 aromatic rings. The van der Waals surface area contributed by atoms with Gasteiger partial charge in [0.25, 0.3) is 0 Å². The minimum atomic E-state index is -0.432. The number of anilines is 1. The highest BCUT2D eigenvalue weighted by atomic mass is 16.5. The molecule has 0 fully saturated rings. The molecule has 0 atom stereocenters. The number of hydrogen-bond acceptors (Lipinski definition) is 6. The highest BCUT2D eigenvalue weighted by Gasteiger charge is 2.15. The third-order valence-electron chi connectivity index (χ3n) is 4.32. The van der Waals surface area contributed by atoms with Crippen molar-refractivity contribution in [1.82, 2.24) is 14.8 Å². The Morgan fingerprint density at radius 3 is 2.64 bits per heavy atom. The average Bonchev–Trinajstić information content (AvgIpc) is 3.05. The number of methoxy groups -OCH3 is 2. The zero-order valence-electron chi connectivity index (χ0n) is 16.3. The van der Waals surface area contributed by atoms with Gasteiger partial charge in [0, 0.05) is 17.9 Å². The van der Waals surface area contributed by atoms with Crippen LogP contribution in [0.1, 0.15) is 24.1 Å². The third kappa shape index (κ3) is 3.95. The summed E-state index contributed by atoms with van der Waals surface area (Å²) in [6.45, 7) is 3.81. The number of pyridine rings is 1. The summed E-state index contributed by atoms with van der Waals surface area (Å²) in [7, 11) is 2.89. The molecule has 8 heteroatoms. The second kappa shape index (κ2) is 8.08. The largest absolute Gasteiger partial charge is 0.494 e. The number of ether oxygens (including phenoxy) is 2. The molecule has 0 radical (unpaired) electrons. The van der Waals surface area contributed by atoms with E-state index in [0.717, 1.165) is 22.2 Å². The second-order valence-corrected chi connectivity index (χ2v) is 6.36. The fourth-order valence-electron chi connectivity index (χ4n) is 2.93. The zero-order valence-corrected chi connectivity index (χ0v) is 16.3. The van der Waals surface area contributed by atoms with Crippen molar-refractivity contribution < 1.29 is 19.1 Å². The molecule has 1 aromatic carbocycles. The van der Waals surface area contributed by atoms with Crippen molar-refractivity contribution in [2.24, 2.45) is 0 Å². The van der Waals surface area contributed by atoms with Crippen molar-refractivity contribution in [2.45, 2.75) is 26.7 Å². The van der Waals surface area contributed by atoms with E-state index in [9.17, 15) is 9.59 Å². The van der Waals surface area contributed by atoms with Crippen LogP contribution in [0, 0.1) is 13.8 Å². The van der Waals surface area contributed by atoms with Crippen LogP contribution in [0.2, 0.25) is 0 Å². The number of carbonyl (C=O) groups excluding carboxylic acids is 2.